The fourth-order valence-corrected chi connectivity index (χ4v) is 1.39. The molecule has 0 aromatic carbocycles. The number of hydrogen-bond donors (Lipinski definition) is 2. The molecule has 5 heteroatoms. The molecule has 0 aliphatic heterocycles. The molecule has 1 heterocycles. The summed E-state index contributed by atoms with van der Waals surface area (Å²) in [5.74, 6) is -0.462. The van der Waals surface area contributed by atoms with Gasteiger partial charge in [-0.2, -0.15) is 0 Å². The summed E-state index contributed by atoms with van der Waals surface area (Å²) in [5.41, 5.74) is 11.9. The summed E-state index contributed by atoms with van der Waals surface area (Å²) in [5, 5.41) is 0. The van der Waals surface area contributed by atoms with E-state index in [0.29, 0.717) is 6.54 Å². The van der Waals surface area contributed by atoms with Crippen LogP contribution in [0.15, 0.2) is 24.5 Å². The van der Waals surface area contributed by atoms with Crippen LogP contribution in [-0.2, 0) is 11.2 Å². The molecule has 0 radical (unpaired) electrons. The molecule has 0 fully saturated rings. The predicted molar refractivity (Wildman–Crippen MR) is 62.6 cm³/mol. The Hall–Kier alpha value is -1.46. The summed E-state index contributed by atoms with van der Waals surface area (Å²) in [6.07, 6.45) is 4.44. The number of carbonyl (C=O) groups is 1. The van der Waals surface area contributed by atoms with E-state index in [1.807, 2.05) is 24.1 Å². The van der Waals surface area contributed by atoms with Gasteiger partial charge in [0.15, 0.2) is 0 Å². The maximum atomic E-state index is 10.8. The highest BCUT2D eigenvalue weighted by molar-refractivity contribution is 5.79. The second-order valence-electron chi connectivity index (χ2n) is 3.88. The van der Waals surface area contributed by atoms with Gasteiger partial charge in [-0.25, -0.2) is 0 Å². The maximum Gasteiger partial charge on any atom is 0.235 e. The summed E-state index contributed by atoms with van der Waals surface area (Å²) >= 11 is 0. The van der Waals surface area contributed by atoms with Crippen molar-refractivity contribution >= 4 is 5.91 Å². The number of likely N-dealkylation sites (N-methyl/N-ethyl adjacent to an activating group) is 1. The van der Waals surface area contributed by atoms with Gasteiger partial charge < -0.3 is 16.4 Å². The number of nitrogens with zero attached hydrogens (tertiary/aromatic N) is 2. The molecule has 0 saturated heterocycles. The minimum atomic E-state index is -0.595. The third-order valence-corrected chi connectivity index (χ3v) is 2.41. The van der Waals surface area contributed by atoms with Crippen molar-refractivity contribution in [2.75, 3.05) is 20.1 Å². The van der Waals surface area contributed by atoms with Crippen molar-refractivity contribution in [2.24, 2.45) is 11.5 Å². The molecule has 88 valence electrons. The average molecular weight is 222 g/mol. The first-order valence-electron chi connectivity index (χ1n) is 5.22. The molecule has 1 atom stereocenters. The molecule has 0 aliphatic rings. The van der Waals surface area contributed by atoms with Crippen LogP contribution in [0.25, 0.3) is 0 Å². The monoisotopic (exact) mass is 222 g/mol. The van der Waals surface area contributed by atoms with Gasteiger partial charge in [-0.05, 0) is 31.2 Å². The van der Waals surface area contributed by atoms with E-state index in [4.69, 9.17) is 11.5 Å². The van der Waals surface area contributed by atoms with Crippen LogP contribution in [-0.4, -0.2) is 42.0 Å². The fourth-order valence-electron chi connectivity index (χ4n) is 1.39. The van der Waals surface area contributed by atoms with Crippen LogP contribution in [0.1, 0.15) is 5.56 Å². The first-order valence-corrected chi connectivity index (χ1v) is 5.22. The van der Waals surface area contributed by atoms with Gasteiger partial charge in [-0.1, -0.05) is 0 Å². The molecular weight excluding hydrogens is 204 g/mol. The minimum Gasteiger partial charge on any atom is -0.368 e. The van der Waals surface area contributed by atoms with Crippen LogP contribution in [0.2, 0.25) is 0 Å². The number of pyridine rings is 1. The van der Waals surface area contributed by atoms with E-state index in [9.17, 15) is 4.79 Å². The van der Waals surface area contributed by atoms with Crippen LogP contribution < -0.4 is 11.5 Å². The molecule has 0 saturated carbocycles. The lowest BCUT2D eigenvalue weighted by Crippen LogP contribution is -2.45. The smallest absolute Gasteiger partial charge is 0.235 e. The second kappa shape index (κ2) is 6.19. The van der Waals surface area contributed by atoms with E-state index in [2.05, 4.69) is 4.98 Å². The molecule has 4 N–H and O–H groups in total. The molecule has 0 aliphatic carbocycles. The molecule has 1 aromatic heterocycles. The van der Waals surface area contributed by atoms with Crippen LogP contribution in [0.4, 0.5) is 0 Å². The van der Waals surface area contributed by atoms with Crippen LogP contribution in [0.5, 0.6) is 0 Å². The number of rotatable bonds is 6. The summed E-state index contributed by atoms with van der Waals surface area (Å²) in [4.78, 5) is 16.7. The van der Waals surface area contributed by atoms with Gasteiger partial charge in [0.25, 0.3) is 0 Å². The Bertz CT molecular complexity index is 328. The first kappa shape index (κ1) is 12.6. The highest BCUT2D eigenvalue weighted by atomic mass is 16.1. The maximum absolute atomic E-state index is 10.8. The standard InChI is InChI=1S/C11H18N4O/c1-15(8-10(12)11(13)16)7-4-9-2-5-14-6-3-9/h2-3,5-6,10H,4,7-8,12H2,1H3,(H2,13,16). The van der Waals surface area contributed by atoms with Gasteiger partial charge in [0.1, 0.15) is 0 Å². The molecule has 0 bridgehead atoms. The lowest BCUT2D eigenvalue weighted by Gasteiger charge is -2.19. The minimum absolute atomic E-state index is 0.462. The Morgan fingerprint density at radius 3 is 2.69 bits per heavy atom. The Labute approximate surface area is 95.4 Å². The zero-order valence-electron chi connectivity index (χ0n) is 9.47. The third-order valence-electron chi connectivity index (χ3n) is 2.41. The molecule has 0 spiro atoms. The highest BCUT2D eigenvalue weighted by Crippen LogP contribution is 1.99. The number of primary amides is 1. The zero-order chi connectivity index (χ0) is 12.0. The molecule has 5 nitrogen and oxygen atoms in total. The normalized spacial score (nSPS) is 12.7. The molecular formula is C11H18N4O. The van der Waals surface area contributed by atoms with E-state index < -0.39 is 11.9 Å². The van der Waals surface area contributed by atoms with Crippen molar-refractivity contribution in [2.45, 2.75) is 12.5 Å². The van der Waals surface area contributed by atoms with Gasteiger partial charge in [0.2, 0.25) is 5.91 Å². The lowest BCUT2D eigenvalue weighted by molar-refractivity contribution is -0.119. The van der Waals surface area contributed by atoms with Gasteiger partial charge >= 0.3 is 0 Å². The summed E-state index contributed by atoms with van der Waals surface area (Å²) in [6, 6.07) is 3.35. The summed E-state index contributed by atoms with van der Waals surface area (Å²) in [7, 11) is 1.92. The number of aromatic nitrogens is 1. The predicted octanol–water partition coefficient (Wildman–Crippen LogP) is -0.631. The molecule has 16 heavy (non-hydrogen) atoms. The Morgan fingerprint density at radius 2 is 2.12 bits per heavy atom. The van der Waals surface area contributed by atoms with E-state index in [1.54, 1.807) is 12.4 Å². The summed E-state index contributed by atoms with van der Waals surface area (Å²) in [6.45, 7) is 1.32. The van der Waals surface area contributed by atoms with E-state index in [-0.39, 0.29) is 0 Å². The topological polar surface area (TPSA) is 85.2 Å². The third kappa shape index (κ3) is 4.37. The SMILES string of the molecule is CN(CCc1ccncc1)CC(N)C(N)=O. The van der Waals surface area contributed by atoms with Gasteiger partial charge in [0.05, 0.1) is 6.04 Å². The Kier molecular flexibility index (Phi) is 4.88. The zero-order valence-corrected chi connectivity index (χ0v) is 9.47. The quantitative estimate of drug-likeness (QED) is 0.671. The van der Waals surface area contributed by atoms with Crippen LogP contribution in [0.3, 0.4) is 0 Å². The van der Waals surface area contributed by atoms with Crippen molar-refractivity contribution in [3.05, 3.63) is 30.1 Å². The largest absolute Gasteiger partial charge is 0.368 e. The molecule has 1 aromatic rings. The number of nitrogens with two attached hydrogens (primary N) is 2. The highest BCUT2D eigenvalue weighted by Gasteiger charge is 2.11. The van der Waals surface area contributed by atoms with E-state index in [1.165, 1.54) is 5.56 Å². The Balaban J connectivity index is 2.30. The first-order chi connectivity index (χ1) is 7.59. The molecule has 1 amide bonds. The number of amides is 1. The van der Waals surface area contributed by atoms with Gasteiger partial charge in [0, 0.05) is 25.5 Å². The molecule has 1 rings (SSSR count). The van der Waals surface area contributed by atoms with Gasteiger partial charge in [-0.15, -0.1) is 0 Å². The average Bonchev–Trinajstić information content (AvgIpc) is 2.27. The number of hydrogen-bond acceptors (Lipinski definition) is 4. The van der Waals surface area contributed by atoms with E-state index >= 15 is 0 Å². The summed E-state index contributed by atoms with van der Waals surface area (Å²) < 4.78 is 0. The second-order valence-corrected chi connectivity index (χ2v) is 3.88. The van der Waals surface area contributed by atoms with Crippen LogP contribution in [0, 0.1) is 0 Å². The van der Waals surface area contributed by atoms with Crippen molar-refractivity contribution in [1.29, 1.82) is 0 Å². The fraction of sp³-hybridized carbons (Fsp3) is 0.455. The van der Waals surface area contributed by atoms with Crippen molar-refractivity contribution < 1.29 is 4.79 Å². The van der Waals surface area contributed by atoms with E-state index in [0.717, 1.165) is 13.0 Å². The van der Waals surface area contributed by atoms with Gasteiger partial charge in [-0.3, -0.25) is 9.78 Å². The number of carbonyl (C=O) groups excluding carboxylic acids is 1. The molecule has 1 unspecified atom stereocenters. The lowest BCUT2D eigenvalue weighted by atomic mass is 10.2. The van der Waals surface area contributed by atoms with Crippen molar-refractivity contribution in [1.82, 2.24) is 9.88 Å². The van der Waals surface area contributed by atoms with Crippen molar-refractivity contribution in [3.8, 4) is 0 Å². The Morgan fingerprint density at radius 1 is 1.50 bits per heavy atom. The van der Waals surface area contributed by atoms with Crippen molar-refractivity contribution in [3.63, 3.8) is 0 Å². The van der Waals surface area contributed by atoms with Crippen LogP contribution >= 0.6 is 0 Å².